The third kappa shape index (κ3) is 2.37. The molecule has 0 amide bonds. The van der Waals surface area contributed by atoms with Crippen LogP contribution < -0.4 is 0 Å². The number of fused-ring (bicyclic) bond motifs is 1. The number of nitrogens with one attached hydrogen (secondary N) is 1. The van der Waals surface area contributed by atoms with E-state index in [1.807, 2.05) is 24.3 Å². The molecule has 22 heavy (non-hydrogen) atoms. The van der Waals surface area contributed by atoms with Crippen LogP contribution in [0, 0.1) is 0 Å². The Hall–Kier alpha value is -2.94. The quantitative estimate of drug-likeness (QED) is 0.612. The summed E-state index contributed by atoms with van der Waals surface area (Å²) < 4.78 is 0. The summed E-state index contributed by atoms with van der Waals surface area (Å²) in [5, 5.41) is 1.09. The first kappa shape index (κ1) is 12.8. The second-order valence-corrected chi connectivity index (χ2v) is 5.29. The molecule has 3 heteroatoms. The van der Waals surface area contributed by atoms with Crippen LogP contribution in [0.4, 0.5) is 0 Å². The highest BCUT2D eigenvalue weighted by atomic mass is 14.9. The molecule has 0 saturated carbocycles. The number of rotatable bonds is 3. The molecule has 2 aromatic carbocycles. The minimum absolute atomic E-state index is 0.811. The zero-order chi connectivity index (χ0) is 14.8. The van der Waals surface area contributed by atoms with Gasteiger partial charge in [-0.15, -0.1) is 0 Å². The normalized spacial score (nSPS) is 10.9. The first-order chi connectivity index (χ1) is 10.9. The van der Waals surface area contributed by atoms with E-state index in [1.165, 1.54) is 5.56 Å². The molecule has 0 aliphatic heterocycles. The van der Waals surface area contributed by atoms with Gasteiger partial charge in [-0.05, 0) is 17.2 Å². The Bertz CT molecular complexity index is 896. The zero-order valence-electron chi connectivity index (χ0n) is 12.0. The Balaban J connectivity index is 1.78. The fraction of sp³-hybridized carbons (Fsp3) is 0.0526. The maximum Gasteiger partial charge on any atom is 0.141 e. The van der Waals surface area contributed by atoms with Crippen LogP contribution in [-0.2, 0) is 6.42 Å². The van der Waals surface area contributed by atoms with Crippen molar-refractivity contribution < 1.29 is 0 Å². The molecule has 0 saturated heterocycles. The van der Waals surface area contributed by atoms with Gasteiger partial charge < -0.3 is 4.98 Å². The van der Waals surface area contributed by atoms with Crippen LogP contribution >= 0.6 is 0 Å². The maximum atomic E-state index is 4.48. The predicted octanol–water partition coefficient (Wildman–Crippen LogP) is 4.22. The first-order valence-electron chi connectivity index (χ1n) is 7.32. The van der Waals surface area contributed by atoms with Crippen molar-refractivity contribution >= 4 is 11.0 Å². The molecule has 0 atom stereocenters. The number of aromatic nitrogens is 3. The van der Waals surface area contributed by atoms with E-state index < -0.39 is 0 Å². The van der Waals surface area contributed by atoms with E-state index in [0.29, 0.717) is 0 Å². The van der Waals surface area contributed by atoms with Crippen LogP contribution in [0.15, 0.2) is 73.1 Å². The minimum Gasteiger partial charge on any atom is -0.339 e. The summed E-state index contributed by atoms with van der Waals surface area (Å²) in [5.74, 6) is 0. The lowest BCUT2D eigenvalue weighted by atomic mass is 10.1. The molecule has 4 rings (SSSR count). The van der Waals surface area contributed by atoms with Gasteiger partial charge in [0, 0.05) is 17.5 Å². The standard InChI is InChI=1S/C19H15N3/c1-3-7-14(8-4-1)11-18-16-12-17(15-9-5-2-6-10-15)22-19(16)21-13-20-18/h1-10,12-13H,11H2,(H,20,21,22). The van der Waals surface area contributed by atoms with Crippen LogP contribution in [-0.4, -0.2) is 15.0 Å². The highest BCUT2D eigenvalue weighted by molar-refractivity contribution is 5.85. The lowest BCUT2D eigenvalue weighted by molar-refractivity contribution is 1.06. The fourth-order valence-electron chi connectivity index (χ4n) is 2.69. The van der Waals surface area contributed by atoms with E-state index in [4.69, 9.17) is 0 Å². The molecule has 0 aliphatic rings. The van der Waals surface area contributed by atoms with E-state index in [-0.39, 0.29) is 0 Å². The van der Waals surface area contributed by atoms with Gasteiger partial charge in [0.05, 0.1) is 5.69 Å². The van der Waals surface area contributed by atoms with Crippen LogP contribution in [0.2, 0.25) is 0 Å². The minimum atomic E-state index is 0.811. The van der Waals surface area contributed by atoms with Crippen LogP contribution in [0.5, 0.6) is 0 Å². The van der Waals surface area contributed by atoms with E-state index in [1.54, 1.807) is 6.33 Å². The van der Waals surface area contributed by atoms with Crippen LogP contribution in [0.25, 0.3) is 22.3 Å². The van der Waals surface area contributed by atoms with Crippen molar-refractivity contribution in [1.29, 1.82) is 0 Å². The summed E-state index contributed by atoms with van der Waals surface area (Å²) in [7, 11) is 0. The number of nitrogens with zero attached hydrogens (tertiary/aromatic N) is 2. The van der Waals surface area contributed by atoms with Gasteiger partial charge in [-0.2, -0.15) is 0 Å². The molecule has 0 spiro atoms. The van der Waals surface area contributed by atoms with Crippen molar-refractivity contribution in [3.8, 4) is 11.3 Å². The Morgan fingerprint density at radius 1 is 0.818 bits per heavy atom. The van der Waals surface area contributed by atoms with Crippen molar-refractivity contribution in [1.82, 2.24) is 15.0 Å². The van der Waals surface area contributed by atoms with Gasteiger partial charge in [0.1, 0.15) is 12.0 Å². The van der Waals surface area contributed by atoms with Crippen molar-refractivity contribution in [2.75, 3.05) is 0 Å². The smallest absolute Gasteiger partial charge is 0.141 e. The maximum absolute atomic E-state index is 4.48. The van der Waals surface area contributed by atoms with E-state index in [2.05, 4.69) is 57.4 Å². The summed E-state index contributed by atoms with van der Waals surface area (Å²) in [6.45, 7) is 0. The molecule has 0 bridgehead atoms. The Morgan fingerprint density at radius 2 is 1.55 bits per heavy atom. The Kier molecular flexibility index (Phi) is 3.16. The number of hydrogen-bond donors (Lipinski definition) is 1. The van der Waals surface area contributed by atoms with E-state index in [9.17, 15) is 0 Å². The molecule has 3 nitrogen and oxygen atoms in total. The van der Waals surface area contributed by atoms with Crippen LogP contribution in [0.3, 0.4) is 0 Å². The lowest BCUT2D eigenvalue weighted by Crippen LogP contribution is -1.93. The third-order valence-electron chi connectivity index (χ3n) is 3.81. The number of aromatic amines is 1. The highest BCUT2D eigenvalue weighted by Crippen LogP contribution is 2.25. The average Bonchev–Trinajstić information content (AvgIpc) is 3.02. The van der Waals surface area contributed by atoms with Crippen molar-refractivity contribution in [3.63, 3.8) is 0 Å². The van der Waals surface area contributed by atoms with Gasteiger partial charge in [0.2, 0.25) is 0 Å². The molecule has 4 aromatic rings. The summed E-state index contributed by atoms with van der Waals surface area (Å²) >= 11 is 0. The molecule has 0 radical (unpaired) electrons. The van der Waals surface area contributed by atoms with Crippen LogP contribution in [0.1, 0.15) is 11.3 Å². The van der Waals surface area contributed by atoms with Gasteiger partial charge in [-0.25, -0.2) is 9.97 Å². The van der Waals surface area contributed by atoms with Gasteiger partial charge in [-0.3, -0.25) is 0 Å². The van der Waals surface area contributed by atoms with Gasteiger partial charge >= 0.3 is 0 Å². The Labute approximate surface area is 128 Å². The zero-order valence-corrected chi connectivity index (χ0v) is 12.0. The summed E-state index contributed by atoms with van der Waals surface area (Å²) in [4.78, 5) is 12.2. The lowest BCUT2D eigenvalue weighted by Gasteiger charge is -2.01. The molecular weight excluding hydrogens is 270 g/mol. The van der Waals surface area contributed by atoms with Gasteiger partial charge in [-0.1, -0.05) is 60.7 Å². The fourth-order valence-corrected chi connectivity index (χ4v) is 2.69. The van der Waals surface area contributed by atoms with E-state index >= 15 is 0 Å². The Morgan fingerprint density at radius 3 is 2.32 bits per heavy atom. The molecule has 2 heterocycles. The predicted molar refractivity (Wildman–Crippen MR) is 88.6 cm³/mol. The van der Waals surface area contributed by atoms with Gasteiger partial charge in [0.25, 0.3) is 0 Å². The molecule has 1 N–H and O–H groups in total. The molecule has 0 fully saturated rings. The highest BCUT2D eigenvalue weighted by Gasteiger charge is 2.09. The summed E-state index contributed by atoms with van der Waals surface area (Å²) in [5.41, 5.74) is 5.43. The first-order valence-corrected chi connectivity index (χ1v) is 7.32. The molecule has 0 aliphatic carbocycles. The molecule has 0 unspecified atom stereocenters. The molecule has 2 aromatic heterocycles. The summed E-state index contributed by atoms with van der Waals surface area (Å²) in [6, 6.07) is 22.8. The van der Waals surface area contributed by atoms with Crippen molar-refractivity contribution in [3.05, 3.63) is 84.3 Å². The van der Waals surface area contributed by atoms with Crippen molar-refractivity contribution in [2.24, 2.45) is 0 Å². The number of benzene rings is 2. The number of hydrogen-bond acceptors (Lipinski definition) is 2. The molecular formula is C19H15N3. The molecule has 106 valence electrons. The second kappa shape index (κ2) is 5.45. The third-order valence-corrected chi connectivity index (χ3v) is 3.81. The largest absolute Gasteiger partial charge is 0.339 e. The second-order valence-electron chi connectivity index (χ2n) is 5.29. The van der Waals surface area contributed by atoms with Gasteiger partial charge in [0.15, 0.2) is 0 Å². The number of H-pyrrole nitrogens is 1. The SMILES string of the molecule is c1ccc(Cc2ncnc3[nH]c(-c4ccccc4)cc23)cc1. The topological polar surface area (TPSA) is 41.6 Å². The van der Waals surface area contributed by atoms with E-state index in [0.717, 1.165) is 34.4 Å². The van der Waals surface area contributed by atoms with Crippen molar-refractivity contribution in [2.45, 2.75) is 6.42 Å². The average molecular weight is 285 g/mol. The monoisotopic (exact) mass is 285 g/mol. The summed E-state index contributed by atoms with van der Waals surface area (Å²) in [6.07, 6.45) is 2.44.